The van der Waals surface area contributed by atoms with Gasteiger partial charge in [0.1, 0.15) is 17.2 Å². The molecule has 0 unspecified atom stereocenters. The molecule has 2 fully saturated rings. The topological polar surface area (TPSA) is 93.5 Å². The van der Waals surface area contributed by atoms with E-state index in [-0.39, 0.29) is 28.9 Å². The molecular formula is C27H28F4N4O3. The van der Waals surface area contributed by atoms with Crippen molar-refractivity contribution in [2.45, 2.75) is 50.3 Å². The molecular weight excluding hydrogens is 504 g/mol. The molecule has 6 rings (SSSR count). The van der Waals surface area contributed by atoms with Gasteiger partial charge in [0.2, 0.25) is 0 Å². The molecule has 38 heavy (non-hydrogen) atoms. The number of aromatic nitrogens is 2. The van der Waals surface area contributed by atoms with Gasteiger partial charge >= 0.3 is 6.36 Å². The summed E-state index contributed by atoms with van der Waals surface area (Å²) in [4.78, 5) is 22.6. The first-order chi connectivity index (χ1) is 18.2. The van der Waals surface area contributed by atoms with Crippen LogP contribution in [0.15, 0.2) is 24.4 Å². The number of fused-ring (bicyclic) bond motifs is 5. The fourth-order valence-electron chi connectivity index (χ4n) is 6.50. The van der Waals surface area contributed by atoms with E-state index in [1.54, 1.807) is 4.90 Å². The second-order valence-electron chi connectivity index (χ2n) is 10.4. The van der Waals surface area contributed by atoms with Gasteiger partial charge in [0.05, 0.1) is 11.8 Å². The number of ether oxygens (including phenoxy) is 2. The van der Waals surface area contributed by atoms with Crippen molar-refractivity contribution in [2.75, 3.05) is 32.0 Å². The molecule has 0 spiro atoms. The molecule has 3 aromatic rings. The normalized spacial score (nSPS) is 22.3. The minimum absolute atomic E-state index is 0.0919. The number of nitrogen functional groups attached to an aromatic ring is 1. The van der Waals surface area contributed by atoms with Crippen LogP contribution in [-0.2, 0) is 11.2 Å². The number of likely N-dealkylation sites (tertiary alicyclic amines) is 1. The molecule has 3 N–H and O–H groups in total. The van der Waals surface area contributed by atoms with Crippen molar-refractivity contribution in [2.24, 2.45) is 5.92 Å². The lowest BCUT2D eigenvalue weighted by atomic mass is 9.73. The summed E-state index contributed by atoms with van der Waals surface area (Å²) in [5, 5.41) is 0.894. The van der Waals surface area contributed by atoms with Crippen molar-refractivity contribution in [3.63, 3.8) is 0 Å². The summed E-state index contributed by atoms with van der Waals surface area (Å²) in [6.45, 7) is 2.17. The highest BCUT2D eigenvalue weighted by atomic mass is 19.4. The smallest absolute Gasteiger partial charge is 0.406 e. The number of nitrogens with zero attached hydrogens (tertiary/aromatic N) is 2. The third-order valence-electron chi connectivity index (χ3n) is 8.22. The highest BCUT2D eigenvalue weighted by Crippen LogP contribution is 2.47. The molecule has 0 saturated carbocycles. The maximum Gasteiger partial charge on any atom is 0.573 e. The van der Waals surface area contributed by atoms with Crippen LogP contribution in [0.25, 0.3) is 11.0 Å². The number of hydrogen-bond donors (Lipinski definition) is 2. The molecule has 1 amide bonds. The molecule has 4 heterocycles. The maximum absolute atomic E-state index is 15.4. The van der Waals surface area contributed by atoms with E-state index in [2.05, 4.69) is 14.7 Å². The molecule has 2 saturated heterocycles. The number of benzene rings is 1. The Morgan fingerprint density at radius 1 is 1.16 bits per heavy atom. The first kappa shape index (κ1) is 25.0. The predicted octanol–water partition coefficient (Wildman–Crippen LogP) is 5.27. The summed E-state index contributed by atoms with van der Waals surface area (Å²) >= 11 is 0. The number of carbonyl (C=O) groups is 1. The van der Waals surface area contributed by atoms with Crippen LogP contribution in [0.3, 0.4) is 0 Å². The lowest BCUT2D eigenvalue weighted by molar-refractivity contribution is -0.274. The van der Waals surface area contributed by atoms with E-state index in [0.717, 1.165) is 49.1 Å². The van der Waals surface area contributed by atoms with Gasteiger partial charge in [-0.1, -0.05) is 0 Å². The SMILES string of the molecule is Nc1cc(OC(F)(F)F)ccc1C(=O)N1CCC(c2c(F)cnc3[nH]c4c(c23)[C@@H]2CCOC[C@H]2CC4)CC1. The molecule has 2 aromatic heterocycles. The fraction of sp³-hybridized carbons (Fsp3) is 0.481. The van der Waals surface area contributed by atoms with Gasteiger partial charge in [-0.3, -0.25) is 4.79 Å². The summed E-state index contributed by atoms with van der Waals surface area (Å²) in [5.74, 6) is -0.540. The molecule has 0 radical (unpaired) electrons. The highest BCUT2D eigenvalue weighted by Gasteiger charge is 2.38. The Hall–Kier alpha value is -3.34. The Morgan fingerprint density at radius 2 is 1.95 bits per heavy atom. The molecule has 0 bridgehead atoms. The van der Waals surface area contributed by atoms with Crippen molar-refractivity contribution in [1.82, 2.24) is 14.9 Å². The number of piperidine rings is 1. The zero-order valence-corrected chi connectivity index (χ0v) is 20.6. The van der Waals surface area contributed by atoms with Crippen LogP contribution in [0.2, 0.25) is 0 Å². The molecule has 11 heteroatoms. The van der Waals surface area contributed by atoms with Crippen molar-refractivity contribution >= 4 is 22.6 Å². The summed E-state index contributed by atoms with van der Waals surface area (Å²) in [5.41, 5.74) is 9.62. The van der Waals surface area contributed by atoms with Gasteiger partial charge in [0, 0.05) is 54.7 Å². The quantitative estimate of drug-likeness (QED) is 0.354. The number of halogens is 4. The molecule has 1 aliphatic carbocycles. The van der Waals surface area contributed by atoms with E-state index in [1.165, 1.54) is 17.8 Å². The van der Waals surface area contributed by atoms with E-state index in [9.17, 15) is 18.0 Å². The number of alkyl halides is 3. The van der Waals surface area contributed by atoms with Crippen LogP contribution in [0.5, 0.6) is 5.75 Å². The standard InChI is InChI=1S/C27H28F4N4O3/c28-19-12-33-25-24(23-17-7-10-37-13-15(17)1-4-21(23)34-25)22(19)14-5-8-35(9-6-14)26(36)18-3-2-16(11-20(18)32)38-27(29,30)31/h2-3,11-12,14-15,17H,1,4-10,13,32H2,(H,33,34)/t15-,17-/m1/s1. The largest absolute Gasteiger partial charge is 0.573 e. The number of H-pyrrole nitrogens is 1. The fourth-order valence-corrected chi connectivity index (χ4v) is 6.50. The number of hydrogen-bond acceptors (Lipinski definition) is 5. The van der Waals surface area contributed by atoms with Gasteiger partial charge in [-0.25, -0.2) is 9.37 Å². The zero-order chi connectivity index (χ0) is 26.6. The van der Waals surface area contributed by atoms with Gasteiger partial charge in [0.25, 0.3) is 5.91 Å². The van der Waals surface area contributed by atoms with Gasteiger partial charge < -0.3 is 25.1 Å². The Balaban J connectivity index is 1.23. The van der Waals surface area contributed by atoms with Crippen molar-refractivity contribution < 1.29 is 31.8 Å². The van der Waals surface area contributed by atoms with Gasteiger partial charge in [-0.2, -0.15) is 0 Å². The molecule has 2 atom stereocenters. The van der Waals surface area contributed by atoms with Crippen LogP contribution in [0, 0.1) is 11.7 Å². The molecule has 3 aliphatic rings. The summed E-state index contributed by atoms with van der Waals surface area (Å²) < 4.78 is 62.5. The average molecular weight is 533 g/mol. The van der Waals surface area contributed by atoms with Crippen molar-refractivity contribution in [3.8, 4) is 5.75 Å². The van der Waals surface area contributed by atoms with Crippen LogP contribution < -0.4 is 10.5 Å². The monoisotopic (exact) mass is 532 g/mol. The Bertz CT molecular complexity index is 1380. The van der Waals surface area contributed by atoms with Crippen LogP contribution in [0.1, 0.15) is 64.7 Å². The Morgan fingerprint density at radius 3 is 2.68 bits per heavy atom. The van der Waals surface area contributed by atoms with Gasteiger partial charge in [-0.15, -0.1) is 13.2 Å². The highest BCUT2D eigenvalue weighted by molar-refractivity contribution is 5.99. The third kappa shape index (κ3) is 4.46. The molecule has 1 aromatic carbocycles. The van der Waals surface area contributed by atoms with Crippen LogP contribution >= 0.6 is 0 Å². The number of nitrogens with one attached hydrogen (secondary N) is 1. The van der Waals surface area contributed by atoms with Crippen molar-refractivity contribution in [1.29, 1.82) is 0 Å². The van der Waals surface area contributed by atoms with E-state index < -0.39 is 12.1 Å². The second kappa shape index (κ2) is 9.44. The molecule has 2 aliphatic heterocycles. The number of aryl methyl sites for hydroxylation is 1. The van der Waals surface area contributed by atoms with E-state index >= 15 is 4.39 Å². The summed E-state index contributed by atoms with van der Waals surface area (Å²) in [7, 11) is 0. The van der Waals surface area contributed by atoms with Crippen molar-refractivity contribution in [3.05, 3.63) is 52.6 Å². The number of rotatable bonds is 3. The molecule has 7 nitrogen and oxygen atoms in total. The number of carbonyl (C=O) groups excluding carboxylic acids is 1. The van der Waals surface area contributed by atoms with E-state index in [0.29, 0.717) is 55.6 Å². The first-order valence-corrected chi connectivity index (χ1v) is 12.9. The minimum atomic E-state index is -4.85. The number of anilines is 1. The second-order valence-corrected chi connectivity index (χ2v) is 10.4. The minimum Gasteiger partial charge on any atom is -0.406 e. The molecule has 202 valence electrons. The predicted molar refractivity (Wildman–Crippen MR) is 131 cm³/mol. The van der Waals surface area contributed by atoms with E-state index in [4.69, 9.17) is 10.5 Å². The number of aromatic amines is 1. The average Bonchev–Trinajstić information content (AvgIpc) is 3.27. The van der Waals surface area contributed by atoms with Gasteiger partial charge in [0.15, 0.2) is 0 Å². The zero-order valence-electron chi connectivity index (χ0n) is 20.6. The summed E-state index contributed by atoms with van der Waals surface area (Å²) in [6, 6.07) is 3.31. The van der Waals surface area contributed by atoms with Crippen LogP contribution in [-0.4, -0.2) is 53.4 Å². The lowest BCUT2D eigenvalue weighted by Crippen LogP contribution is -2.38. The third-order valence-corrected chi connectivity index (χ3v) is 8.22. The number of pyridine rings is 1. The summed E-state index contributed by atoms with van der Waals surface area (Å²) in [6.07, 6.45) is 0.361. The Kier molecular flexibility index (Phi) is 6.20. The first-order valence-electron chi connectivity index (χ1n) is 12.9. The lowest BCUT2D eigenvalue weighted by Gasteiger charge is -2.36. The van der Waals surface area contributed by atoms with E-state index in [1.807, 2.05) is 0 Å². The number of nitrogens with two attached hydrogens (primary N) is 1. The number of amides is 1. The van der Waals surface area contributed by atoms with Gasteiger partial charge in [-0.05, 0) is 67.6 Å². The maximum atomic E-state index is 15.4. The Labute approximate surface area is 216 Å². The van der Waals surface area contributed by atoms with Crippen LogP contribution in [0.4, 0.5) is 23.2 Å².